The molecule has 0 spiro atoms. The van der Waals surface area contributed by atoms with E-state index in [9.17, 15) is 9.59 Å². The molecule has 0 radical (unpaired) electrons. The van der Waals surface area contributed by atoms with Crippen LogP contribution in [0.3, 0.4) is 0 Å². The molecule has 1 N–H and O–H groups in total. The second-order valence-electron chi connectivity index (χ2n) is 8.15. The monoisotopic (exact) mass is 466 g/mol. The van der Waals surface area contributed by atoms with Gasteiger partial charge in [-0.25, -0.2) is 4.79 Å². The number of hydrogen-bond acceptors (Lipinski definition) is 4. The van der Waals surface area contributed by atoms with E-state index in [4.69, 9.17) is 9.15 Å². The zero-order chi connectivity index (χ0) is 24.3. The Hall–Kier alpha value is -3.52. The molecule has 3 aromatic rings. The zero-order valence-electron chi connectivity index (χ0n) is 20.2. The Morgan fingerprint density at radius 3 is 2.56 bits per heavy atom. The first-order chi connectivity index (χ1) is 16.5. The number of para-hydroxylation sites is 1. The third kappa shape index (κ3) is 6.99. The van der Waals surface area contributed by atoms with Gasteiger partial charge in [-0.2, -0.15) is 0 Å². The minimum Gasteiger partial charge on any atom is -0.467 e. The highest BCUT2D eigenvalue weighted by Crippen LogP contribution is 2.17. The minimum absolute atomic E-state index is 0.0467. The van der Waals surface area contributed by atoms with E-state index in [0.29, 0.717) is 38.4 Å². The molecule has 0 fully saturated rings. The topological polar surface area (TPSA) is 80.0 Å². The van der Waals surface area contributed by atoms with Gasteiger partial charge in [0.05, 0.1) is 19.4 Å². The number of urea groups is 1. The molecule has 0 unspecified atom stereocenters. The molecular formula is C26H34N4O4. The van der Waals surface area contributed by atoms with Crippen molar-refractivity contribution in [1.82, 2.24) is 14.4 Å². The highest BCUT2D eigenvalue weighted by molar-refractivity contribution is 5.93. The van der Waals surface area contributed by atoms with Crippen molar-refractivity contribution in [3.05, 3.63) is 78.0 Å². The number of anilines is 1. The van der Waals surface area contributed by atoms with Gasteiger partial charge in [-0.05, 0) is 48.7 Å². The molecule has 8 nitrogen and oxygen atoms in total. The van der Waals surface area contributed by atoms with E-state index in [1.54, 1.807) is 29.2 Å². The molecule has 0 aliphatic heterocycles. The fourth-order valence-electron chi connectivity index (χ4n) is 3.74. The average molecular weight is 467 g/mol. The van der Waals surface area contributed by atoms with Crippen molar-refractivity contribution in [1.29, 1.82) is 0 Å². The second-order valence-corrected chi connectivity index (χ2v) is 8.15. The molecule has 0 aliphatic rings. The van der Waals surface area contributed by atoms with Crippen LogP contribution in [0.4, 0.5) is 10.5 Å². The number of furan rings is 1. The third-order valence-corrected chi connectivity index (χ3v) is 5.71. The lowest BCUT2D eigenvalue weighted by Crippen LogP contribution is -2.45. The maximum Gasteiger partial charge on any atom is 0.322 e. The Balaban J connectivity index is 1.76. The largest absolute Gasteiger partial charge is 0.467 e. The average Bonchev–Trinajstić information content (AvgIpc) is 3.50. The first-order valence-electron chi connectivity index (χ1n) is 11.5. The number of rotatable bonds is 12. The van der Waals surface area contributed by atoms with Gasteiger partial charge in [0.25, 0.3) is 0 Å². The summed E-state index contributed by atoms with van der Waals surface area (Å²) in [6.07, 6.45) is 4.96. The number of ether oxygens (including phenoxy) is 1. The molecule has 182 valence electrons. The summed E-state index contributed by atoms with van der Waals surface area (Å²) in [5, 5.41) is 2.99. The number of hydrogen-bond donors (Lipinski definition) is 1. The van der Waals surface area contributed by atoms with Gasteiger partial charge in [0.1, 0.15) is 12.3 Å². The molecule has 8 heteroatoms. The number of carbonyl (C=O) groups excluding carboxylic acids is 2. The maximum atomic E-state index is 13.5. The van der Waals surface area contributed by atoms with Gasteiger partial charge in [-0.1, -0.05) is 25.1 Å². The van der Waals surface area contributed by atoms with E-state index in [1.807, 2.05) is 67.2 Å². The lowest BCUT2D eigenvalue weighted by molar-refractivity contribution is -0.133. The van der Waals surface area contributed by atoms with E-state index in [0.717, 1.165) is 23.4 Å². The molecule has 0 saturated carbocycles. The Kier molecular flexibility index (Phi) is 9.34. The van der Waals surface area contributed by atoms with Crippen molar-refractivity contribution >= 4 is 17.6 Å². The van der Waals surface area contributed by atoms with E-state index < -0.39 is 0 Å². The molecule has 0 aliphatic carbocycles. The van der Waals surface area contributed by atoms with Crippen LogP contribution in [0.5, 0.6) is 0 Å². The van der Waals surface area contributed by atoms with Crippen LogP contribution in [0.1, 0.15) is 30.4 Å². The van der Waals surface area contributed by atoms with Crippen LogP contribution in [-0.4, -0.2) is 53.1 Å². The zero-order valence-corrected chi connectivity index (χ0v) is 20.2. The molecule has 1 aromatic carbocycles. The molecule has 34 heavy (non-hydrogen) atoms. The lowest BCUT2D eigenvalue weighted by Gasteiger charge is -2.28. The van der Waals surface area contributed by atoms with E-state index >= 15 is 0 Å². The van der Waals surface area contributed by atoms with Gasteiger partial charge >= 0.3 is 6.03 Å². The van der Waals surface area contributed by atoms with Crippen molar-refractivity contribution in [2.45, 2.75) is 32.9 Å². The van der Waals surface area contributed by atoms with Crippen LogP contribution in [0.25, 0.3) is 0 Å². The molecule has 3 rings (SSSR count). The smallest absolute Gasteiger partial charge is 0.322 e. The van der Waals surface area contributed by atoms with E-state index in [2.05, 4.69) is 5.32 Å². The quantitative estimate of drug-likeness (QED) is 0.404. The number of nitrogens with one attached hydrogen (secondary N) is 1. The summed E-state index contributed by atoms with van der Waals surface area (Å²) in [4.78, 5) is 29.9. The standard InChI is InChI=1S/C26H34N4O4/c1-4-21-10-5-6-13-24(21)27-26(32)29(15-9-16-33-3)20-25(31)30(19-23-12-8-17-34-23)18-22-11-7-14-28(22)2/h5-8,10-14,17H,4,9,15-16,18-20H2,1-3H3,(H,27,32). The summed E-state index contributed by atoms with van der Waals surface area (Å²) in [5.41, 5.74) is 2.80. The summed E-state index contributed by atoms with van der Waals surface area (Å²) in [6.45, 7) is 3.63. The molecule has 2 heterocycles. The van der Waals surface area contributed by atoms with Crippen molar-refractivity contribution in [3.63, 3.8) is 0 Å². The van der Waals surface area contributed by atoms with E-state index in [1.165, 1.54) is 0 Å². The SMILES string of the molecule is CCc1ccccc1NC(=O)N(CCCOC)CC(=O)N(Cc1ccco1)Cc1cccn1C. The Morgan fingerprint density at radius 2 is 1.88 bits per heavy atom. The van der Waals surface area contributed by atoms with Crippen molar-refractivity contribution in [3.8, 4) is 0 Å². The van der Waals surface area contributed by atoms with Crippen LogP contribution in [-0.2, 0) is 36.1 Å². The van der Waals surface area contributed by atoms with Gasteiger partial charge in [0, 0.05) is 44.9 Å². The lowest BCUT2D eigenvalue weighted by atomic mass is 10.1. The van der Waals surface area contributed by atoms with Crippen LogP contribution in [0.2, 0.25) is 0 Å². The summed E-state index contributed by atoms with van der Waals surface area (Å²) >= 11 is 0. The summed E-state index contributed by atoms with van der Waals surface area (Å²) < 4.78 is 12.6. The Labute approximate surface area is 201 Å². The van der Waals surface area contributed by atoms with Gasteiger partial charge in [0.2, 0.25) is 5.91 Å². The Bertz CT molecular complexity index is 1040. The number of amides is 3. The highest BCUT2D eigenvalue weighted by Gasteiger charge is 2.23. The van der Waals surface area contributed by atoms with Crippen molar-refractivity contribution < 1.29 is 18.7 Å². The van der Waals surface area contributed by atoms with Gasteiger partial charge < -0.3 is 28.8 Å². The first kappa shape index (κ1) is 25.1. The molecule has 0 bridgehead atoms. The predicted molar refractivity (Wildman–Crippen MR) is 131 cm³/mol. The normalized spacial score (nSPS) is 10.8. The van der Waals surface area contributed by atoms with E-state index in [-0.39, 0.29) is 18.5 Å². The maximum absolute atomic E-state index is 13.5. The summed E-state index contributed by atoms with van der Waals surface area (Å²) in [6, 6.07) is 15.0. The number of benzene rings is 1. The number of aryl methyl sites for hydroxylation is 2. The predicted octanol–water partition coefficient (Wildman–Crippen LogP) is 4.28. The first-order valence-corrected chi connectivity index (χ1v) is 11.5. The van der Waals surface area contributed by atoms with Crippen LogP contribution in [0, 0.1) is 0 Å². The summed E-state index contributed by atoms with van der Waals surface area (Å²) in [5.74, 6) is 0.531. The van der Waals surface area contributed by atoms with Crippen LogP contribution in [0.15, 0.2) is 65.4 Å². The molecule has 2 aromatic heterocycles. The number of nitrogens with zero attached hydrogens (tertiary/aromatic N) is 3. The highest BCUT2D eigenvalue weighted by atomic mass is 16.5. The third-order valence-electron chi connectivity index (χ3n) is 5.71. The van der Waals surface area contributed by atoms with Crippen LogP contribution < -0.4 is 5.32 Å². The second kappa shape index (κ2) is 12.6. The van der Waals surface area contributed by atoms with Gasteiger partial charge in [0.15, 0.2) is 0 Å². The van der Waals surface area contributed by atoms with Crippen molar-refractivity contribution in [2.75, 3.05) is 32.1 Å². The van der Waals surface area contributed by atoms with Crippen LogP contribution >= 0.6 is 0 Å². The van der Waals surface area contributed by atoms with Gasteiger partial charge in [-0.3, -0.25) is 4.79 Å². The minimum atomic E-state index is -0.304. The van der Waals surface area contributed by atoms with Crippen molar-refractivity contribution in [2.24, 2.45) is 7.05 Å². The Morgan fingerprint density at radius 1 is 1.06 bits per heavy atom. The number of carbonyl (C=O) groups is 2. The molecule has 3 amide bonds. The number of methoxy groups -OCH3 is 1. The fourth-order valence-corrected chi connectivity index (χ4v) is 3.74. The van der Waals surface area contributed by atoms with Gasteiger partial charge in [-0.15, -0.1) is 0 Å². The number of aromatic nitrogens is 1. The summed E-state index contributed by atoms with van der Waals surface area (Å²) in [7, 11) is 3.57. The molecule has 0 saturated heterocycles. The fraction of sp³-hybridized carbons (Fsp3) is 0.385. The molecule has 0 atom stereocenters. The molecular weight excluding hydrogens is 432 g/mol.